The first-order chi connectivity index (χ1) is 10.0. The molecule has 1 atom stereocenters. The van der Waals surface area contributed by atoms with Crippen molar-refractivity contribution < 1.29 is 0 Å². The fourth-order valence-electron chi connectivity index (χ4n) is 2.56. The van der Waals surface area contributed by atoms with Crippen molar-refractivity contribution in [3.05, 3.63) is 66.7 Å². The largest absolute Gasteiger partial charge is 0.306 e. The number of halogens is 2. The van der Waals surface area contributed by atoms with Gasteiger partial charge in [-0.15, -0.1) is 0 Å². The number of rotatable bonds is 5. The first kappa shape index (κ1) is 17.0. The van der Waals surface area contributed by atoms with Gasteiger partial charge in [0, 0.05) is 8.04 Å². The van der Waals surface area contributed by atoms with E-state index >= 15 is 0 Å². The van der Waals surface area contributed by atoms with Crippen molar-refractivity contribution in [1.82, 2.24) is 5.32 Å². The molecule has 2 aromatic carbocycles. The third-order valence-electron chi connectivity index (χ3n) is 3.60. The molecule has 2 aromatic rings. The van der Waals surface area contributed by atoms with Crippen molar-refractivity contribution in [2.75, 3.05) is 6.54 Å². The van der Waals surface area contributed by atoms with Gasteiger partial charge >= 0.3 is 0 Å². The molecule has 0 aromatic heterocycles. The summed E-state index contributed by atoms with van der Waals surface area (Å²) < 4.78 is 2.43. The maximum atomic E-state index is 3.72. The van der Waals surface area contributed by atoms with Crippen molar-refractivity contribution in [2.45, 2.75) is 33.2 Å². The van der Waals surface area contributed by atoms with E-state index in [9.17, 15) is 0 Å². The van der Waals surface area contributed by atoms with Gasteiger partial charge in [-0.3, -0.25) is 0 Å². The van der Waals surface area contributed by atoms with Gasteiger partial charge in [0.15, 0.2) is 0 Å². The molecule has 0 amide bonds. The molecular weight excluding hydrogens is 437 g/mol. The van der Waals surface area contributed by atoms with Crippen molar-refractivity contribution >= 4 is 38.5 Å². The van der Waals surface area contributed by atoms with Crippen molar-refractivity contribution in [2.24, 2.45) is 0 Å². The lowest BCUT2D eigenvalue weighted by molar-refractivity contribution is 0.594. The summed E-state index contributed by atoms with van der Waals surface area (Å²) in [6.07, 6.45) is 1.13. The Morgan fingerprint density at radius 1 is 1.10 bits per heavy atom. The molecule has 1 unspecified atom stereocenters. The predicted octanol–water partition coefficient (Wildman–Crippen LogP) is 5.76. The molecule has 0 saturated carbocycles. The maximum Gasteiger partial charge on any atom is 0.0590 e. The van der Waals surface area contributed by atoms with E-state index in [2.05, 4.69) is 101 Å². The smallest absolute Gasteiger partial charge is 0.0590 e. The minimum absolute atomic E-state index is 0.231. The van der Waals surface area contributed by atoms with Crippen LogP contribution in [-0.2, 0) is 0 Å². The van der Waals surface area contributed by atoms with E-state index < -0.39 is 0 Å². The van der Waals surface area contributed by atoms with E-state index in [1.54, 1.807) is 0 Å². The van der Waals surface area contributed by atoms with Gasteiger partial charge in [-0.25, -0.2) is 0 Å². The van der Waals surface area contributed by atoms with Crippen LogP contribution in [0, 0.1) is 17.4 Å². The molecule has 0 saturated heterocycles. The second-order valence-corrected chi connectivity index (χ2v) is 7.51. The zero-order valence-electron chi connectivity index (χ0n) is 12.7. The number of nitrogens with one attached hydrogen (secondary N) is 1. The summed E-state index contributed by atoms with van der Waals surface area (Å²) in [4.78, 5) is 0. The molecule has 3 heteroatoms. The van der Waals surface area contributed by atoms with Gasteiger partial charge in [0.2, 0.25) is 0 Å². The van der Waals surface area contributed by atoms with Crippen LogP contribution in [-0.4, -0.2) is 6.54 Å². The molecule has 0 radical (unpaired) electrons. The lowest BCUT2D eigenvalue weighted by Gasteiger charge is -2.23. The minimum atomic E-state index is 0.231. The summed E-state index contributed by atoms with van der Waals surface area (Å²) in [7, 11) is 0. The summed E-state index contributed by atoms with van der Waals surface area (Å²) in [6.45, 7) is 7.56. The lowest BCUT2D eigenvalue weighted by Crippen LogP contribution is -2.24. The lowest BCUT2D eigenvalue weighted by atomic mass is 9.93. The van der Waals surface area contributed by atoms with Gasteiger partial charge in [0.05, 0.1) is 6.04 Å². The molecule has 2 rings (SSSR count). The highest BCUT2D eigenvalue weighted by Gasteiger charge is 2.18. The standard InChI is InChI=1S/C18H21BrIN/c1-4-9-21-18(15-7-5-12(2)10-13(15)3)16-11-14(20)6-8-17(16)19/h5-8,10-11,18,21H,4,9H2,1-3H3. The Morgan fingerprint density at radius 3 is 2.52 bits per heavy atom. The topological polar surface area (TPSA) is 12.0 Å². The Balaban J connectivity index is 2.49. The van der Waals surface area contributed by atoms with Crippen LogP contribution in [0.5, 0.6) is 0 Å². The monoisotopic (exact) mass is 457 g/mol. The van der Waals surface area contributed by atoms with Crippen LogP contribution in [0.2, 0.25) is 0 Å². The molecule has 112 valence electrons. The molecule has 0 heterocycles. The second kappa shape index (κ2) is 7.75. The minimum Gasteiger partial charge on any atom is -0.306 e. The quantitative estimate of drug-likeness (QED) is 0.562. The Kier molecular flexibility index (Phi) is 6.26. The Hall–Kier alpha value is -0.390. The predicted molar refractivity (Wildman–Crippen MR) is 103 cm³/mol. The summed E-state index contributed by atoms with van der Waals surface area (Å²) in [5.41, 5.74) is 5.32. The SMILES string of the molecule is CCCNC(c1ccc(C)cc1C)c1cc(I)ccc1Br. The molecule has 0 aliphatic rings. The van der Waals surface area contributed by atoms with E-state index in [0.717, 1.165) is 17.4 Å². The fourth-order valence-corrected chi connectivity index (χ4v) is 3.55. The van der Waals surface area contributed by atoms with E-state index in [-0.39, 0.29) is 6.04 Å². The summed E-state index contributed by atoms with van der Waals surface area (Å²) in [5.74, 6) is 0. The third-order valence-corrected chi connectivity index (χ3v) is 5.00. The van der Waals surface area contributed by atoms with Crippen LogP contribution in [0.1, 0.15) is 41.6 Å². The van der Waals surface area contributed by atoms with Crippen LogP contribution < -0.4 is 5.32 Å². The molecule has 0 fully saturated rings. The highest BCUT2D eigenvalue weighted by Crippen LogP contribution is 2.32. The molecule has 0 spiro atoms. The molecule has 0 bridgehead atoms. The van der Waals surface area contributed by atoms with Gasteiger partial charge in [0.1, 0.15) is 0 Å². The molecule has 0 aliphatic carbocycles. The zero-order chi connectivity index (χ0) is 15.4. The number of aryl methyl sites for hydroxylation is 2. The molecule has 1 N–H and O–H groups in total. The average Bonchev–Trinajstić information content (AvgIpc) is 2.44. The normalized spacial score (nSPS) is 12.4. The molecular formula is C18H21BrIN. The average molecular weight is 458 g/mol. The Bertz CT molecular complexity index is 625. The fraction of sp³-hybridized carbons (Fsp3) is 0.333. The van der Waals surface area contributed by atoms with Crippen LogP contribution in [0.15, 0.2) is 40.9 Å². The zero-order valence-corrected chi connectivity index (χ0v) is 16.5. The van der Waals surface area contributed by atoms with Gasteiger partial charge in [-0.2, -0.15) is 0 Å². The van der Waals surface area contributed by atoms with E-state index in [0.29, 0.717) is 0 Å². The molecule has 1 nitrogen and oxygen atoms in total. The van der Waals surface area contributed by atoms with Crippen LogP contribution >= 0.6 is 38.5 Å². The Morgan fingerprint density at radius 2 is 1.86 bits per heavy atom. The van der Waals surface area contributed by atoms with Gasteiger partial charge in [-0.1, -0.05) is 46.6 Å². The summed E-state index contributed by atoms with van der Waals surface area (Å²) in [5, 5.41) is 3.70. The third kappa shape index (κ3) is 4.30. The first-order valence-electron chi connectivity index (χ1n) is 7.28. The highest BCUT2D eigenvalue weighted by molar-refractivity contribution is 14.1. The number of benzene rings is 2. The van der Waals surface area contributed by atoms with E-state index in [4.69, 9.17) is 0 Å². The number of hydrogen-bond donors (Lipinski definition) is 1. The number of hydrogen-bond acceptors (Lipinski definition) is 1. The Labute approximate surface area is 149 Å². The van der Waals surface area contributed by atoms with Crippen molar-refractivity contribution in [3.63, 3.8) is 0 Å². The van der Waals surface area contributed by atoms with Crippen molar-refractivity contribution in [1.29, 1.82) is 0 Å². The maximum absolute atomic E-state index is 3.72. The van der Waals surface area contributed by atoms with Gasteiger partial charge < -0.3 is 5.32 Å². The summed E-state index contributed by atoms with van der Waals surface area (Å²) >= 11 is 6.09. The molecule has 21 heavy (non-hydrogen) atoms. The van der Waals surface area contributed by atoms with Crippen LogP contribution in [0.4, 0.5) is 0 Å². The van der Waals surface area contributed by atoms with Crippen LogP contribution in [0.3, 0.4) is 0 Å². The first-order valence-corrected chi connectivity index (χ1v) is 9.15. The van der Waals surface area contributed by atoms with Crippen molar-refractivity contribution in [3.8, 4) is 0 Å². The highest BCUT2D eigenvalue weighted by atomic mass is 127. The van der Waals surface area contributed by atoms with E-state index in [1.807, 2.05) is 0 Å². The second-order valence-electron chi connectivity index (χ2n) is 5.41. The van der Waals surface area contributed by atoms with Crippen LogP contribution in [0.25, 0.3) is 0 Å². The van der Waals surface area contributed by atoms with Gasteiger partial charge in [0.25, 0.3) is 0 Å². The van der Waals surface area contributed by atoms with Gasteiger partial charge in [-0.05, 0) is 84.3 Å². The molecule has 0 aliphatic heterocycles. The summed E-state index contributed by atoms with van der Waals surface area (Å²) in [6, 6.07) is 13.5. The van der Waals surface area contributed by atoms with E-state index in [1.165, 1.54) is 25.8 Å².